The third-order valence-electron chi connectivity index (χ3n) is 2.99. The van der Waals surface area contributed by atoms with Crippen molar-refractivity contribution in [3.8, 4) is 0 Å². The molecular formula is C14H23N3O. The first-order chi connectivity index (χ1) is 8.45. The molecular weight excluding hydrogens is 226 g/mol. The summed E-state index contributed by atoms with van der Waals surface area (Å²) in [6.45, 7) is 7.35. The number of amidine groups is 1. The number of anilines is 1. The van der Waals surface area contributed by atoms with Crippen molar-refractivity contribution < 1.29 is 5.21 Å². The van der Waals surface area contributed by atoms with Gasteiger partial charge in [-0.15, -0.1) is 0 Å². The Balaban J connectivity index is 3.00. The fourth-order valence-electron chi connectivity index (χ4n) is 1.81. The Bertz CT molecular complexity index is 427. The summed E-state index contributed by atoms with van der Waals surface area (Å²) < 4.78 is 0. The monoisotopic (exact) mass is 249 g/mol. The molecule has 0 aliphatic heterocycles. The van der Waals surface area contributed by atoms with Gasteiger partial charge < -0.3 is 15.8 Å². The van der Waals surface area contributed by atoms with Gasteiger partial charge in [0, 0.05) is 24.8 Å². The van der Waals surface area contributed by atoms with Gasteiger partial charge in [-0.1, -0.05) is 30.6 Å². The summed E-state index contributed by atoms with van der Waals surface area (Å²) in [7, 11) is 2.03. The Labute approximate surface area is 109 Å². The Morgan fingerprint density at radius 3 is 2.67 bits per heavy atom. The van der Waals surface area contributed by atoms with Gasteiger partial charge in [0.25, 0.3) is 0 Å². The molecule has 4 nitrogen and oxygen atoms in total. The largest absolute Gasteiger partial charge is 0.409 e. The first-order valence-corrected chi connectivity index (χ1v) is 6.25. The molecule has 0 heterocycles. The molecule has 0 amide bonds. The van der Waals surface area contributed by atoms with E-state index in [-0.39, 0.29) is 5.84 Å². The van der Waals surface area contributed by atoms with E-state index >= 15 is 0 Å². The minimum absolute atomic E-state index is 0.157. The number of nitrogens with zero attached hydrogens (tertiary/aromatic N) is 2. The molecule has 0 aliphatic carbocycles. The average molecular weight is 249 g/mol. The lowest BCUT2D eigenvalue weighted by Crippen LogP contribution is -2.24. The van der Waals surface area contributed by atoms with Crippen LogP contribution in [0, 0.1) is 12.8 Å². The van der Waals surface area contributed by atoms with E-state index in [4.69, 9.17) is 10.9 Å². The summed E-state index contributed by atoms with van der Waals surface area (Å²) in [5.41, 5.74) is 8.60. The molecule has 0 aromatic heterocycles. The van der Waals surface area contributed by atoms with Gasteiger partial charge in [-0.25, -0.2) is 0 Å². The minimum atomic E-state index is 0.157. The molecule has 0 fully saturated rings. The third kappa shape index (κ3) is 3.65. The highest BCUT2D eigenvalue weighted by Crippen LogP contribution is 2.21. The number of benzene rings is 1. The molecule has 0 spiro atoms. The molecule has 3 N–H and O–H groups in total. The number of nitrogens with two attached hydrogens (primary N) is 1. The fourth-order valence-corrected chi connectivity index (χ4v) is 1.81. The van der Waals surface area contributed by atoms with Gasteiger partial charge in [-0.05, 0) is 31.4 Å². The lowest BCUT2D eigenvalue weighted by molar-refractivity contribution is 0.318. The topological polar surface area (TPSA) is 61.8 Å². The summed E-state index contributed by atoms with van der Waals surface area (Å²) in [5, 5.41) is 12.0. The third-order valence-corrected chi connectivity index (χ3v) is 2.99. The Kier molecular flexibility index (Phi) is 5.01. The van der Waals surface area contributed by atoms with Crippen LogP contribution in [0.1, 0.15) is 31.4 Å². The predicted molar refractivity (Wildman–Crippen MR) is 76.4 cm³/mol. The van der Waals surface area contributed by atoms with Crippen LogP contribution in [0.25, 0.3) is 0 Å². The number of hydrogen-bond donors (Lipinski definition) is 2. The maximum atomic E-state index is 8.85. The molecule has 0 radical (unpaired) electrons. The van der Waals surface area contributed by atoms with Gasteiger partial charge in [-0.3, -0.25) is 0 Å². The Morgan fingerprint density at radius 2 is 2.11 bits per heavy atom. The van der Waals surface area contributed by atoms with Crippen molar-refractivity contribution >= 4 is 11.5 Å². The van der Waals surface area contributed by atoms with E-state index in [1.165, 1.54) is 0 Å². The van der Waals surface area contributed by atoms with E-state index in [0.29, 0.717) is 5.92 Å². The van der Waals surface area contributed by atoms with Crippen LogP contribution in [0.5, 0.6) is 0 Å². The Morgan fingerprint density at radius 1 is 1.44 bits per heavy atom. The second-order valence-electron chi connectivity index (χ2n) is 5.11. The van der Waals surface area contributed by atoms with E-state index in [0.717, 1.165) is 29.8 Å². The molecule has 18 heavy (non-hydrogen) atoms. The second kappa shape index (κ2) is 6.28. The van der Waals surface area contributed by atoms with Gasteiger partial charge >= 0.3 is 0 Å². The maximum absolute atomic E-state index is 8.85. The van der Waals surface area contributed by atoms with Crippen LogP contribution in [0.15, 0.2) is 23.4 Å². The van der Waals surface area contributed by atoms with Gasteiger partial charge in [0.1, 0.15) is 0 Å². The molecule has 0 atom stereocenters. The maximum Gasteiger partial charge on any atom is 0.172 e. The highest BCUT2D eigenvalue weighted by atomic mass is 16.4. The Hall–Kier alpha value is -1.71. The van der Waals surface area contributed by atoms with Crippen LogP contribution < -0.4 is 10.6 Å². The zero-order valence-corrected chi connectivity index (χ0v) is 11.6. The van der Waals surface area contributed by atoms with Crippen molar-refractivity contribution in [1.29, 1.82) is 0 Å². The summed E-state index contributed by atoms with van der Waals surface area (Å²) >= 11 is 0. The van der Waals surface area contributed by atoms with Crippen molar-refractivity contribution in [2.75, 3.05) is 18.5 Å². The van der Waals surface area contributed by atoms with Crippen molar-refractivity contribution in [1.82, 2.24) is 0 Å². The normalized spacial score (nSPS) is 11.9. The number of aryl methyl sites for hydroxylation is 1. The first kappa shape index (κ1) is 14.4. The molecule has 1 aromatic rings. The predicted octanol–water partition coefficient (Wildman–Crippen LogP) is 2.57. The highest BCUT2D eigenvalue weighted by Gasteiger charge is 2.11. The van der Waals surface area contributed by atoms with E-state index in [1.54, 1.807) is 0 Å². The molecule has 0 saturated carbocycles. The molecule has 0 bridgehead atoms. The zero-order valence-electron chi connectivity index (χ0n) is 11.6. The SMILES string of the molecule is Cc1ccc(N(C)CCC(C)C)c(/C(N)=N/O)c1. The standard InChI is InChI=1S/C14H23N3O/c1-10(2)7-8-17(4)13-6-5-11(3)9-12(13)14(15)16-18/h5-6,9-10,18H,7-8H2,1-4H3,(H2,15,16). The van der Waals surface area contributed by atoms with Gasteiger partial charge in [0.05, 0.1) is 0 Å². The van der Waals surface area contributed by atoms with Crippen LogP contribution in [-0.4, -0.2) is 24.6 Å². The van der Waals surface area contributed by atoms with Crippen molar-refractivity contribution in [2.45, 2.75) is 27.2 Å². The summed E-state index contributed by atoms with van der Waals surface area (Å²) in [6, 6.07) is 5.99. The number of hydrogen-bond acceptors (Lipinski definition) is 3. The van der Waals surface area contributed by atoms with E-state index in [1.807, 2.05) is 32.2 Å². The lowest BCUT2D eigenvalue weighted by Gasteiger charge is -2.23. The van der Waals surface area contributed by atoms with Gasteiger partial charge in [-0.2, -0.15) is 0 Å². The van der Waals surface area contributed by atoms with Gasteiger partial charge in [0.15, 0.2) is 5.84 Å². The van der Waals surface area contributed by atoms with Crippen molar-refractivity contribution in [3.63, 3.8) is 0 Å². The molecule has 100 valence electrons. The fraction of sp³-hybridized carbons (Fsp3) is 0.500. The van der Waals surface area contributed by atoms with E-state index in [9.17, 15) is 0 Å². The van der Waals surface area contributed by atoms with E-state index < -0.39 is 0 Å². The molecule has 0 aliphatic rings. The second-order valence-corrected chi connectivity index (χ2v) is 5.11. The molecule has 0 unspecified atom stereocenters. The highest BCUT2D eigenvalue weighted by molar-refractivity contribution is 6.02. The number of rotatable bonds is 5. The summed E-state index contributed by atoms with van der Waals surface area (Å²) in [5.74, 6) is 0.815. The molecule has 1 aromatic carbocycles. The van der Waals surface area contributed by atoms with Crippen LogP contribution in [-0.2, 0) is 0 Å². The summed E-state index contributed by atoms with van der Waals surface area (Å²) in [4.78, 5) is 2.15. The molecule has 0 saturated heterocycles. The van der Waals surface area contributed by atoms with Crippen LogP contribution in [0.4, 0.5) is 5.69 Å². The summed E-state index contributed by atoms with van der Waals surface area (Å²) in [6.07, 6.45) is 1.11. The van der Waals surface area contributed by atoms with Crippen LogP contribution in [0.2, 0.25) is 0 Å². The van der Waals surface area contributed by atoms with Crippen LogP contribution >= 0.6 is 0 Å². The lowest BCUT2D eigenvalue weighted by atomic mass is 10.1. The molecule has 4 heteroatoms. The minimum Gasteiger partial charge on any atom is -0.409 e. The van der Waals surface area contributed by atoms with Crippen molar-refractivity contribution in [2.24, 2.45) is 16.8 Å². The smallest absolute Gasteiger partial charge is 0.172 e. The average Bonchev–Trinajstić information content (AvgIpc) is 2.34. The first-order valence-electron chi connectivity index (χ1n) is 6.25. The van der Waals surface area contributed by atoms with E-state index in [2.05, 4.69) is 23.9 Å². The number of oxime groups is 1. The molecule has 1 rings (SSSR count). The van der Waals surface area contributed by atoms with Gasteiger partial charge in [0.2, 0.25) is 0 Å². The van der Waals surface area contributed by atoms with Crippen LogP contribution in [0.3, 0.4) is 0 Å². The van der Waals surface area contributed by atoms with Crippen molar-refractivity contribution in [3.05, 3.63) is 29.3 Å². The quantitative estimate of drug-likeness (QED) is 0.365. The zero-order chi connectivity index (χ0) is 13.7.